The molecule has 0 aliphatic carbocycles. The number of anilines is 1. The third kappa shape index (κ3) is 3.58. The highest BCUT2D eigenvalue weighted by molar-refractivity contribution is 6.29. The maximum absolute atomic E-state index is 12.4. The fourth-order valence-corrected chi connectivity index (χ4v) is 3.62. The first kappa shape index (κ1) is 17.3. The lowest BCUT2D eigenvalue weighted by Crippen LogP contribution is -2.50. The molecule has 1 unspecified atom stereocenters. The highest BCUT2D eigenvalue weighted by Gasteiger charge is 2.36. The van der Waals surface area contributed by atoms with Crippen LogP contribution < -0.4 is 4.90 Å². The molecule has 2 aliphatic heterocycles. The molecule has 0 bridgehead atoms. The van der Waals surface area contributed by atoms with Crippen LogP contribution in [0.5, 0.6) is 0 Å². The standard InChI is InChI=1S/C17H25ClN4O2/c1-11-9-22(15-13(11)8-14(18)19-20-15)12-6-5-7-21(10-12)16(23)24-17(2,3)4/h8,11-12H,5-7,9-10H2,1-4H3/t11?,12-/m1/s1. The zero-order valence-corrected chi connectivity index (χ0v) is 15.5. The van der Waals surface area contributed by atoms with E-state index >= 15 is 0 Å². The second kappa shape index (κ2) is 6.39. The molecule has 3 rings (SSSR count). The zero-order valence-electron chi connectivity index (χ0n) is 14.8. The minimum absolute atomic E-state index is 0.234. The van der Waals surface area contributed by atoms with Gasteiger partial charge in [-0.25, -0.2) is 4.79 Å². The van der Waals surface area contributed by atoms with Crippen molar-refractivity contribution in [1.82, 2.24) is 15.1 Å². The van der Waals surface area contributed by atoms with Gasteiger partial charge >= 0.3 is 6.09 Å². The molecule has 24 heavy (non-hydrogen) atoms. The molecule has 1 amide bonds. The fourth-order valence-electron chi connectivity index (χ4n) is 3.46. The molecule has 6 nitrogen and oxygen atoms in total. The SMILES string of the molecule is CC1CN([C@@H]2CCCN(C(=O)OC(C)(C)C)C2)c2nnc(Cl)cc21. The topological polar surface area (TPSA) is 58.6 Å². The number of aromatic nitrogens is 2. The van der Waals surface area contributed by atoms with E-state index in [4.69, 9.17) is 16.3 Å². The molecule has 1 fully saturated rings. The zero-order chi connectivity index (χ0) is 17.5. The van der Waals surface area contributed by atoms with Gasteiger partial charge in [0.2, 0.25) is 0 Å². The minimum Gasteiger partial charge on any atom is -0.444 e. The summed E-state index contributed by atoms with van der Waals surface area (Å²) < 4.78 is 5.52. The normalized spacial score (nSPS) is 24.0. The Morgan fingerprint density at radius 1 is 1.33 bits per heavy atom. The van der Waals surface area contributed by atoms with Gasteiger partial charge in [-0.1, -0.05) is 18.5 Å². The average molecular weight is 353 g/mol. The Morgan fingerprint density at radius 2 is 2.08 bits per heavy atom. The van der Waals surface area contributed by atoms with Crippen LogP contribution in [0, 0.1) is 0 Å². The molecule has 2 aliphatic rings. The molecular formula is C17H25ClN4O2. The van der Waals surface area contributed by atoms with Gasteiger partial charge in [0.15, 0.2) is 11.0 Å². The van der Waals surface area contributed by atoms with Gasteiger partial charge in [-0.3, -0.25) is 0 Å². The number of amides is 1. The lowest BCUT2D eigenvalue weighted by atomic mass is 10.0. The van der Waals surface area contributed by atoms with Crippen molar-refractivity contribution in [2.75, 3.05) is 24.5 Å². The number of likely N-dealkylation sites (tertiary alicyclic amines) is 1. The second-order valence-corrected chi connectivity index (χ2v) is 8.11. The number of halogens is 1. The number of piperidine rings is 1. The number of carbonyl (C=O) groups excluding carboxylic acids is 1. The van der Waals surface area contributed by atoms with Gasteiger partial charge in [0.1, 0.15) is 5.60 Å². The van der Waals surface area contributed by atoms with Gasteiger partial charge < -0.3 is 14.5 Å². The third-order valence-corrected chi connectivity index (χ3v) is 4.72. The second-order valence-electron chi connectivity index (χ2n) is 7.72. The molecule has 132 valence electrons. The number of ether oxygens (including phenoxy) is 1. The monoisotopic (exact) mass is 352 g/mol. The fraction of sp³-hybridized carbons (Fsp3) is 0.706. The summed E-state index contributed by atoms with van der Waals surface area (Å²) in [5, 5.41) is 8.74. The predicted octanol–water partition coefficient (Wildman–Crippen LogP) is 3.45. The van der Waals surface area contributed by atoms with Crippen LogP contribution in [0.15, 0.2) is 6.07 Å². The molecule has 2 atom stereocenters. The van der Waals surface area contributed by atoms with Crippen molar-refractivity contribution in [2.45, 2.75) is 58.1 Å². The molecule has 1 saturated heterocycles. The first-order valence-electron chi connectivity index (χ1n) is 8.52. The Morgan fingerprint density at radius 3 is 2.79 bits per heavy atom. The van der Waals surface area contributed by atoms with Crippen molar-refractivity contribution in [2.24, 2.45) is 0 Å². The summed E-state index contributed by atoms with van der Waals surface area (Å²) in [5.41, 5.74) is 0.672. The van der Waals surface area contributed by atoms with Gasteiger partial charge in [-0.05, 0) is 39.7 Å². The summed E-state index contributed by atoms with van der Waals surface area (Å²) >= 11 is 5.99. The average Bonchev–Trinajstić information content (AvgIpc) is 2.82. The van der Waals surface area contributed by atoms with Crippen LogP contribution in [-0.2, 0) is 4.74 Å². The summed E-state index contributed by atoms with van der Waals surface area (Å²) in [6, 6.07) is 2.15. The van der Waals surface area contributed by atoms with E-state index in [0.717, 1.165) is 37.3 Å². The van der Waals surface area contributed by atoms with E-state index in [9.17, 15) is 4.79 Å². The lowest BCUT2D eigenvalue weighted by Gasteiger charge is -2.38. The number of hydrogen-bond acceptors (Lipinski definition) is 5. The molecule has 0 spiro atoms. The number of rotatable bonds is 1. The summed E-state index contributed by atoms with van der Waals surface area (Å²) in [7, 11) is 0. The van der Waals surface area contributed by atoms with Crippen molar-refractivity contribution in [1.29, 1.82) is 0 Å². The van der Waals surface area contributed by atoms with Gasteiger partial charge in [-0.15, -0.1) is 10.2 Å². The van der Waals surface area contributed by atoms with E-state index < -0.39 is 5.60 Å². The van der Waals surface area contributed by atoms with Crippen LogP contribution >= 0.6 is 11.6 Å². The van der Waals surface area contributed by atoms with Crippen molar-refractivity contribution in [3.63, 3.8) is 0 Å². The van der Waals surface area contributed by atoms with Crippen molar-refractivity contribution < 1.29 is 9.53 Å². The Balaban J connectivity index is 1.73. The molecule has 1 aromatic heterocycles. The Bertz CT molecular complexity index is 632. The van der Waals surface area contributed by atoms with Crippen molar-refractivity contribution in [3.8, 4) is 0 Å². The molecule has 0 aromatic carbocycles. The molecule has 7 heteroatoms. The number of carbonyl (C=O) groups is 1. The summed E-state index contributed by atoms with van der Waals surface area (Å²) in [6.45, 7) is 10.1. The highest BCUT2D eigenvalue weighted by Crippen LogP contribution is 2.37. The van der Waals surface area contributed by atoms with Crippen LogP contribution in [0.1, 0.15) is 52.0 Å². The Hall–Kier alpha value is -1.56. The summed E-state index contributed by atoms with van der Waals surface area (Å²) in [6.07, 6.45) is 1.77. The molecule has 0 radical (unpaired) electrons. The summed E-state index contributed by atoms with van der Waals surface area (Å²) in [5.74, 6) is 1.27. The van der Waals surface area contributed by atoms with Crippen LogP contribution in [0.25, 0.3) is 0 Å². The highest BCUT2D eigenvalue weighted by atomic mass is 35.5. The van der Waals surface area contributed by atoms with Gasteiger partial charge in [-0.2, -0.15) is 0 Å². The third-order valence-electron chi connectivity index (χ3n) is 4.54. The van der Waals surface area contributed by atoms with E-state index in [2.05, 4.69) is 22.0 Å². The van der Waals surface area contributed by atoms with Crippen molar-refractivity contribution in [3.05, 3.63) is 16.8 Å². The number of fused-ring (bicyclic) bond motifs is 1. The van der Waals surface area contributed by atoms with Crippen LogP contribution in [0.4, 0.5) is 10.6 Å². The van der Waals surface area contributed by atoms with Crippen LogP contribution in [-0.4, -0.2) is 52.5 Å². The van der Waals surface area contributed by atoms with Crippen LogP contribution in [0.3, 0.4) is 0 Å². The van der Waals surface area contributed by atoms with Gasteiger partial charge in [0, 0.05) is 37.2 Å². The van der Waals surface area contributed by atoms with E-state index in [0.29, 0.717) is 17.6 Å². The van der Waals surface area contributed by atoms with E-state index in [1.165, 1.54) is 0 Å². The van der Waals surface area contributed by atoms with Gasteiger partial charge in [0.05, 0.1) is 0 Å². The Labute approximate surface area is 148 Å². The smallest absolute Gasteiger partial charge is 0.410 e. The van der Waals surface area contributed by atoms with E-state index in [1.807, 2.05) is 31.7 Å². The van der Waals surface area contributed by atoms with Crippen molar-refractivity contribution >= 4 is 23.5 Å². The molecule has 0 N–H and O–H groups in total. The maximum atomic E-state index is 12.4. The Kier molecular flexibility index (Phi) is 4.60. The van der Waals surface area contributed by atoms with E-state index in [-0.39, 0.29) is 12.1 Å². The van der Waals surface area contributed by atoms with Gasteiger partial charge in [0.25, 0.3) is 0 Å². The maximum Gasteiger partial charge on any atom is 0.410 e. The summed E-state index contributed by atoms with van der Waals surface area (Å²) in [4.78, 5) is 16.5. The van der Waals surface area contributed by atoms with E-state index in [1.54, 1.807) is 0 Å². The quantitative estimate of drug-likeness (QED) is 0.774. The number of nitrogens with zero attached hydrogens (tertiary/aromatic N) is 4. The lowest BCUT2D eigenvalue weighted by molar-refractivity contribution is 0.0198. The van der Waals surface area contributed by atoms with Crippen LogP contribution in [0.2, 0.25) is 5.15 Å². The number of hydrogen-bond donors (Lipinski definition) is 0. The first-order chi connectivity index (χ1) is 11.2. The largest absolute Gasteiger partial charge is 0.444 e. The minimum atomic E-state index is -0.471. The molecule has 3 heterocycles. The molecule has 0 saturated carbocycles. The predicted molar refractivity (Wildman–Crippen MR) is 93.6 cm³/mol. The molecular weight excluding hydrogens is 328 g/mol. The first-order valence-corrected chi connectivity index (χ1v) is 8.90. The molecule has 1 aromatic rings.